The van der Waals surface area contributed by atoms with E-state index in [0.29, 0.717) is 6.54 Å². The molecule has 4 aromatic rings. The number of hydrogen-bond donors (Lipinski definition) is 0. The van der Waals surface area contributed by atoms with E-state index in [1.807, 2.05) is 52.9 Å². The fraction of sp³-hybridized carbons (Fsp3) is 0.200. The van der Waals surface area contributed by atoms with Crippen LogP contribution in [0.25, 0.3) is 10.2 Å². The van der Waals surface area contributed by atoms with Crippen LogP contribution in [-0.4, -0.2) is 21.8 Å². The van der Waals surface area contributed by atoms with Crippen LogP contribution >= 0.6 is 11.3 Å². The lowest BCUT2D eigenvalue weighted by Gasteiger charge is -2.30. The van der Waals surface area contributed by atoms with Gasteiger partial charge in [-0.15, -0.1) is 11.3 Å². The van der Waals surface area contributed by atoms with E-state index >= 15 is 0 Å². The first-order valence-electron chi connectivity index (χ1n) is 9.93. The van der Waals surface area contributed by atoms with E-state index in [2.05, 4.69) is 48.3 Å². The van der Waals surface area contributed by atoms with E-state index in [4.69, 9.17) is 0 Å². The first-order valence-corrected chi connectivity index (χ1v) is 10.8. The molecule has 0 aliphatic rings. The van der Waals surface area contributed by atoms with Crippen molar-refractivity contribution in [1.82, 2.24) is 9.88 Å². The molecule has 3 nitrogen and oxygen atoms in total. The molecule has 0 fully saturated rings. The molecular weight excluding hydrogens is 376 g/mol. The molecule has 0 saturated carbocycles. The van der Waals surface area contributed by atoms with Crippen molar-refractivity contribution in [2.45, 2.75) is 32.4 Å². The van der Waals surface area contributed by atoms with Crippen molar-refractivity contribution in [3.8, 4) is 0 Å². The Balaban J connectivity index is 1.57. The van der Waals surface area contributed by atoms with Crippen molar-refractivity contribution in [1.29, 1.82) is 0 Å². The summed E-state index contributed by atoms with van der Waals surface area (Å²) in [6, 6.07) is 26.6. The summed E-state index contributed by atoms with van der Waals surface area (Å²) in [6.07, 6.45) is 1.87. The Morgan fingerprint density at radius 1 is 0.966 bits per heavy atom. The van der Waals surface area contributed by atoms with Gasteiger partial charge in [0.2, 0.25) is 0 Å². The predicted molar refractivity (Wildman–Crippen MR) is 120 cm³/mol. The zero-order chi connectivity index (χ0) is 20.1. The van der Waals surface area contributed by atoms with Gasteiger partial charge < -0.3 is 4.90 Å². The lowest BCUT2D eigenvalue weighted by molar-refractivity contribution is 0.0667. The number of aromatic nitrogens is 1. The van der Waals surface area contributed by atoms with E-state index in [-0.39, 0.29) is 11.9 Å². The van der Waals surface area contributed by atoms with Gasteiger partial charge in [0.1, 0.15) is 0 Å². The topological polar surface area (TPSA) is 33.2 Å². The Morgan fingerprint density at radius 3 is 2.38 bits per heavy atom. The Morgan fingerprint density at radius 2 is 1.66 bits per heavy atom. The smallest absolute Gasteiger partial charge is 0.254 e. The normalized spacial score (nSPS) is 12.0. The van der Waals surface area contributed by atoms with Crippen LogP contribution in [0.4, 0.5) is 0 Å². The number of benzene rings is 3. The van der Waals surface area contributed by atoms with Gasteiger partial charge in [-0.1, -0.05) is 60.7 Å². The Labute approximate surface area is 175 Å². The average Bonchev–Trinajstić information content (AvgIpc) is 3.25. The van der Waals surface area contributed by atoms with Crippen molar-refractivity contribution in [2.75, 3.05) is 0 Å². The summed E-state index contributed by atoms with van der Waals surface area (Å²) in [5.41, 5.74) is 5.94. The summed E-state index contributed by atoms with van der Waals surface area (Å²) >= 11 is 1.57. The van der Waals surface area contributed by atoms with Crippen LogP contribution in [0.3, 0.4) is 0 Å². The molecule has 0 saturated heterocycles. The van der Waals surface area contributed by atoms with Crippen LogP contribution < -0.4 is 0 Å². The fourth-order valence-corrected chi connectivity index (χ4v) is 4.25. The van der Waals surface area contributed by atoms with E-state index in [0.717, 1.165) is 34.2 Å². The second-order valence-electron chi connectivity index (χ2n) is 7.33. The molecule has 1 heterocycles. The van der Waals surface area contributed by atoms with Gasteiger partial charge in [0.25, 0.3) is 5.91 Å². The van der Waals surface area contributed by atoms with Gasteiger partial charge >= 0.3 is 0 Å². The van der Waals surface area contributed by atoms with Crippen molar-refractivity contribution in [3.05, 3.63) is 101 Å². The lowest BCUT2D eigenvalue weighted by atomic mass is 10.0. The molecule has 0 N–H and O–H groups in total. The molecule has 4 heteroatoms. The minimum Gasteiger partial charge on any atom is -0.332 e. The summed E-state index contributed by atoms with van der Waals surface area (Å²) in [4.78, 5) is 19.8. The van der Waals surface area contributed by atoms with Crippen LogP contribution in [0.2, 0.25) is 0 Å². The molecular formula is C25H24N2OS. The Hall–Kier alpha value is -2.98. The summed E-state index contributed by atoms with van der Waals surface area (Å²) in [5, 5.41) is 0. The maximum Gasteiger partial charge on any atom is 0.254 e. The minimum absolute atomic E-state index is 0.0738. The predicted octanol–water partition coefficient (Wildman–Crippen LogP) is 5.96. The number of hydrogen-bond acceptors (Lipinski definition) is 3. The highest BCUT2D eigenvalue weighted by atomic mass is 32.1. The van der Waals surface area contributed by atoms with Gasteiger partial charge in [0, 0.05) is 18.2 Å². The lowest BCUT2D eigenvalue weighted by Crippen LogP contribution is -2.38. The van der Waals surface area contributed by atoms with Crippen LogP contribution in [0.15, 0.2) is 84.4 Å². The summed E-state index contributed by atoms with van der Waals surface area (Å²) in [6.45, 7) is 2.76. The number of fused-ring (bicyclic) bond motifs is 1. The maximum atomic E-state index is 13.5. The average molecular weight is 401 g/mol. The van der Waals surface area contributed by atoms with E-state index < -0.39 is 0 Å². The Bertz CT molecular complexity index is 1080. The molecule has 1 atom stereocenters. The maximum absolute atomic E-state index is 13.5. The molecule has 146 valence electrons. The highest BCUT2D eigenvalue weighted by molar-refractivity contribution is 7.16. The summed E-state index contributed by atoms with van der Waals surface area (Å²) in [7, 11) is 0. The monoisotopic (exact) mass is 400 g/mol. The van der Waals surface area contributed by atoms with Gasteiger partial charge in [-0.2, -0.15) is 0 Å². The molecule has 0 aliphatic carbocycles. The highest BCUT2D eigenvalue weighted by Gasteiger charge is 2.22. The van der Waals surface area contributed by atoms with E-state index in [9.17, 15) is 4.79 Å². The first-order chi connectivity index (χ1) is 14.2. The highest BCUT2D eigenvalue weighted by Crippen LogP contribution is 2.22. The number of aryl methyl sites for hydroxylation is 1. The third-order valence-electron chi connectivity index (χ3n) is 5.26. The number of nitrogens with zero attached hydrogens (tertiary/aromatic N) is 2. The number of amides is 1. The van der Waals surface area contributed by atoms with Crippen molar-refractivity contribution in [3.63, 3.8) is 0 Å². The van der Waals surface area contributed by atoms with Crippen LogP contribution in [0.5, 0.6) is 0 Å². The molecule has 29 heavy (non-hydrogen) atoms. The summed E-state index contributed by atoms with van der Waals surface area (Å²) in [5.74, 6) is 0.0738. The van der Waals surface area contributed by atoms with Gasteiger partial charge in [-0.3, -0.25) is 4.79 Å². The largest absolute Gasteiger partial charge is 0.332 e. The van der Waals surface area contributed by atoms with Crippen molar-refractivity contribution < 1.29 is 4.79 Å². The van der Waals surface area contributed by atoms with Gasteiger partial charge in [-0.05, 0) is 49.1 Å². The molecule has 0 unspecified atom stereocenters. The van der Waals surface area contributed by atoms with Crippen molar-refractivity contribution in [2.24, 2.45) is 0 Å². The van der Waals surface area contributed by atoms with Crippen LogP contribution in [0, 0.1) is 0 Å². The third kappa shape index (κ3) is 4.72. The molecule has 1 amide bonds. The standard InChI is InChI=1S/C25H24N2OS/c1-19(12-13-20-8-4-2-5-9-20)27(17-21-10-6-3-7-11-21)25(28)22-14-15-23-24(16-22)29-18-26-23/h2-11,14-16,18-19H,12-13,17H2,1H3/t19-/m0/s1. The van der Waals surface area contributed by atoms with Crippen LogP contribution in [-0.2, 0) is 13.0 Å². The van der Waals surface area contributed by atoms with Crippen LogP contribution in [0.1, 0.15) is 34.8 Å². The molecule has 3 aromatic carbocycles. The van der Waals surface area contributed by atoms with Crippen molar-refractivity contribution >= 4 is 27.5 Å². The zero-order valence-electron chi connectivity index (χ0n) is 16.5. The second kappa shape index (κ2) is 9.01. The van der Waals surface area contributed by atoms with Gasteiger partial charge in [-0.25, -0.2) is 4.98 Å². The Kier molecular flexibility index (Phi) is 6.01. The number of carbonyl (C=O) groups is 1. The minimum atomic E-state index is 0.0738. The molecule has 0 aliphatic heterocycles. The first kappa shape index (κ1) is 19.3. The quantitative estimate of drug-likeness (QED) is 0.383. The number of carbonyl (C=O) groups excluding carboxylic acids is 1. The number of thiazole rings is 1. The van der Waals surface area contributed by atoms with Gasteiger partial charge in [0.15, 0.2) is 0 Å². The third-order valence-corrected chi connectivity index (χ3v) is 6.05. The zero-order valence-corrected chi connectivity index (χ0v) is 17.3. The molecule has 0 radical (unpaired) electrons. The number of rotatable bonds is 7. The molecule has 1 aromatic heterocycles. The molecule has 0 bridgehead atoms. The molecule has 4 rings (SSSR count). The second-order valence-corrected chi connectivity index (χ2v) is 8.21. The SMILES string of the molecule is C[C@@H](CCc1ccccc1)N(Cc1ccccc1)C(=O)c1ccc2ncsc2c1. The van der Waals surface area contributed by atoms with Gasteiger partial charge in [0.05, 0.1) is 15.7 Å². The van der Waals surface area contributed by atoms with E-state index in [1.54, 1.807) is 11.3 Å². The summed E-state index contributed by atoms with van der Waals surface area (Å²) < 4.78 is 1.05. The fourth-order valence-electron chi connectivity index (χ4n) is 3.54. The van der Waals surface area contributed by atoms with E-state index in [1.165, 1.54) is 5.56 Å². The molecule has 0 spiro atoms.